The Balaban J connectivity index is 1.51. The van der Waals surface area contributed by atoms with Crippen molar-refractivity contribution in [2.75, 3.05) is 0 Å². The number of hydrogen-bond donors (Lipinski definition) is 0. The van der Waals surface area contributed by atoms with Gasteiger partial charge in [0.05, 0.1) is 0 Å². The van der Waals surface area contributed by atoms with E-state index in [0.29, 0.717) is 5.92 Å². The number of allylic oxidation sites excluding steroid dienone is 2. The zero-order valence-corrected chi connectivity index (χ0v) is 17.6. The van der Waals surface area contributed by atoms with Crippen molar-refractivity contribution in [1.29, 1.82) is 0 Å². The fourth-order valence-corrected chi connectivity index (χ4v) is 5.85. The van der Waals surface area contributed by atoms with E-state index >= 15 is 0 Å². The van der Waals surface area contributed by atoms with E-state index in [0.717, 1.165) is 41.4 Å². The molecule has 0 amide bonds. The van der Waals surface area contributed by atoms with Crippen LogP contribution >= 0.6 is 0 Å². The second kappa shape index (κ2) is 8.80. The van der Waals surface area contributed by atoms with Gasteiger partial charge in [-0.1, -0.05) is 50.1 Å². The summed E-state index contributed by atoms with van der Waals surface area (Å²) in [7, 11) is 0. The minimum Gasteiger partial charge on any atom is -0.206 e. The third-order valence-electron chi connectivity index (χ3n) is 7.60. The average Bonchev–Trinajstić information content (AvgIpc) is 2.73. The summed E-state index contributed by atoms with van der Waals surface area (Å²) in [5.74, 6) is 3.28. The van der Waals surface area contributed by atoms with Crippen LogP contribution in [0.2, 0.25) is 0 Å². The smallest absolute Gasteiger partial charge is 0.131 e. The third-order valence-corrected chi connectivity index (χ3v) is 7.60. The van der Waals surface area contributed by atoms with Gasteiger partial charge in [-0.3, -0.25) is 0 Å². The Bertz CT molecular complexity index is 834. The molecule has 0 radical (unpaired) electrons. The Morgan fingerprint density at radius 3 is 2.64 bits per heavy atom. The van der Waals surface area contributed by atoms with Gasteiger partial charge in [0, 0.05) is 5.39 Å². The summed E-state index contributed by atoms with van der Waals surface area (Å²) in [6.07, 6.45) is 15.7. The van der Waals surface area contributed by atoms with Crippen LogP contribution in [0.25, 0.3) is 10.8 Å². The highest BCUT2D eigenvalue weighted by Crippen LogP contribution is 2.48. The van der Waals surface area contributed by atoms with E-state index in [1.807, 2.05) is 13.0 Å². The fraction of sp³-hybridized carbons (Fsp3) is 0.556. The molecule has 4 unspecified atom stereocenters. The predicted octanol–water partition coefficient (Wildman–Crippen LogP) is 8.20. The molecule has 2 fully saturated rings. The normalized spacial score (nSPS) is 28.0. The van der Waals surface area contributed by atoms with Crippen LogP contribution in [-0.2, 0) is 6.42 Å². The molecule has 2 aromatic rings. The van der Waals surface area contributed by atoms with Crippen molar-refractivity contribution < 1.29 is 4.39 Å². The van der Waals surface area contributed by atoms with Gasteiger partial charge < -0.3 is 0 Å². The monoisotopic (exact) mass is 378 g/mol. The summed E-state index contributed by atoms with van der Waals surface area (Å²) in [6, 6.07) is 10.5. The van der Waals surface area contributed by atoms with Crippen LogP contribution in [0.4, 0.5) is 4.39 Å². The first-order valence-corrected chi connectivity index (χ1v) is 11.5. The van der Waals surface area contributed by atoms with Crippen molar-refractivity contribution in [2.45, 2.75) is 77.6 Å². The molecule has 0 aromatic heterocycles. The molecular weight excluding hydrogens is 343 g/mol. The van der Waals surface area contributed by atoms with Gasteiger partial charge in [0.1, 0.15) is 5.82 Å². The van der Waals surface area contributed by atoms with E-state index in [1.54, 1.807) is 0 Å². The van der Waals surface area contributed by atoms with Gasteiger partial charge in [-0.25, -0.2) is 4.39 Å². The molecule has 2 aromatic carbocycles. The van der Waals surface area contributed by atoms with Crippen molar-refractivity contribution in [3.05, 3.63) is 59.4 Å². The van der Waals surface area contributed by atoms with Gasteiger partial charge in [-0.2, -0.15) is 0 Å². The molecule has 0 heterocycles. The lowest BCUT2D eigenvalue weighted by Gasteiger charge is -2.42. The number of halogens is 1. The van der Waals surface area contributed by atoms with Crippen LogP contribution in [0.3, 0.4) is 0 Å². The highest BCUT2D eigenvalue weighted by Gasteiger charge is 2.35. The minimum absolute atomic E-state index is 0.0304. The summed E-state index contributed by atoms with van der Waals surface area (Å²) in [5, 5.41) is 1.86. The SMILES string of the molecule is C/C=C/CCc1ccc2cc(C3CCC4CC(CC)CCC4C3)cc(F)c2c1. The van der Waals surface area contributed by atoms with E-state index < -0.39 is 0 Å². The van der Waals surface area contributed by atoms with E-state index in [-0.39, 0.29) is 5.82 Å². The summed E-state index contributed by atoms with van der Waals surface area (Å²) in [5.41, 5.74) is 2.47. The molecule has 0 bridgehead atoms. The Hall–Kier alpha value is -1.63. The molecule has 2 aliphatic rings. The topological polar surface area (TPSA) is 0 Å². The van der Waals surface area contributed by atoms with Crippen molar-refractivity contribution in [2.24, 2.45) is 17.8 Å². The van der Waals surface area contributed by atoms with Crippen LogP contribution < -0.4 is 0 Å². The van der Waals surface area contributed by atoms with E-state index in [1.165, 1.54) is 56.1 Å². The zero-order valence-electron chi connectivity index (χ0n) is 17.6. The summed E-state index contributed by atoms with van der Waals surface area (Å²) in [4.78, 5) is 0. The summed E-state index contributed by atoms with van der Waals surface area (Å²) >= 11 is 0. The molecule has 0 nitrogen and oxygen atoms in total. The molecule has 2 saturated carbocycles. The summed E-state index contributed by atoms with van der Waals surface area (Å²) in [6.45, 7) is 4.39. The van der Waals surface area contributed by atoms with Crippen LogP contribution in [0.15, 0.2) is 42.5 Å². The molecule has 0 aliphatic heterocycles. The minimum atomic E-state index is -0.0304. The van der Waals surface area contributed by atoms with Crippen LogP contribution in [-0.4, -0.2) is 0 Å². The second-order valence-electron chi connectivity index (χ2n) is 9.28. The van der Waals surface area contributed by atoms with Crippen LogP contribution in [0, 0.1) is 23.6 Å². The number of hydrogen-bond acceptors (Lipinski definition) is 0. The Kier molecular flexibility index (Phi) is 6.19. The first kappa shape index (κ1) is 19.7. The Labute approximate surface area is 170 Å². The lowest BCUT2D eigenvalue weighted by Crippen LogP contribution is -2.30. The van der Waals surface area contributed by atoms with Crippen molar-refractivity contribution in [1.82, 2.24) is 0 Å². The molecule has 0 N–H and O–H groups in total. The Morgan fingerprint density at radius 2 is 1.82 bits per heavy atom. The predicted molar refractivity (Wildman–Crippen MR) is 118 cm³/mol. The zero-order chi connectivity index (χ0) is 19.5. The molecule has 150 valence electrons. The highest BCUT2D eigenvalue weighted by molar-refractivity contribution is 5.84. The number of benzene rings is 2. The van der Waals surface area contributed by atoms with Gasteiger partial charge >= 0.3 is 0 Å². The van der Waals surface area contributed by atoms with E-state index in [2.05, 4.69) is 43.3 Å². The van der Waals surface area contributed by atoms with Crippen LogP contribution in [0.5, 0.6) is 0 Å². The van der Waals surface area contributed by atoms with Gasteiger partial charge in [-0.15, -0.1) is 0 Å². The maximum absolute atomic E-state index is 15.0. The lowest BCUT2D eigenvalue weighted by atomic mass is 9.63. The van der Waals surface area contributed by atoms with Crippen molar-refractivity contribution in [3.63, 3.8) is 0 Å². The fourth-order valence-electron chi connectivity index (χ4n) is 5.85. The molecule has 0 spiro atoms. The molecule has 4 atom stereocenters. The first-order valence-electron chi connectivity index (χ1n) is 11.5. The van der Waals surface area contributed by atoms with E-state index in [9.17, 15) is 4.39 Å². The van der Waals surface area contributed by atoms with Crippen molar-refractivity contribution >= 4 is 10.8 Å². The summed E-state index contributed by atoms with van der Waals surface area (Å²) < 4.78 is 15.0. The molecule has 4 rings (SSSR count). The second-order valence-corrected chi connectivity index (χ2v) is 9.28. The maximum atomic E-state index is 15.0. The largest absolute Gasteiger partial charge is 0.206 e. The van der Waals surface area contributed by atoms with E-state index in [4.69, 9.17) is 0 Å². The molecule has 28 heavy (non-hydrogen) atoms. The average molecular weight is 379 g/mol. The standard InChI is InChI=1S/C27H35F/c1-3-5-6-7-20-9-11-24-17-25(18-27(28)26(24)15-20)23-13-12-21-14-19(4-2)8-10-22(21)16-23/h3,5,9,11,15,17-19,21-23H,4,6-8,10,12-14,16H2,1-2H3/b5-3+. The molecule has 2 aliphatic carbocycles. The molecule has 1 heteroatoms. The maximum Gasteiger partial charge on any atom is 0.131 e. The number of fused-ring (bicyclic) bond motifs is 2. The molecule has 0 saturated heterocycles. The highest BCUT2D eigenvalue weighted by atomic mass is 19.1. The van der Waals surface area contributed by atoms with Gasteiger partial charge in [0.2, 0.25) is 0 Å². The number of aryl methyl sites for hydroxylation is 1. The quantitative estimate of drug-likeness (QED) is 0.460. The van der Waals surface area contributed by atoms with Gasteiger partial charge in [-0.05, 0) is 104 Å². The first-order chi connectivity index (χ1) is 13.7. The van der Waals surface area contributed by atoms with Crippen molar-refractivity contribution in [3.8, 4) is 0 Å². The van der Waals surface area contributed by atoms with Gasteiger partial charge in [0.15, 0.2) is 0 Å². The van der Waals surface area contributed by atoms with Gasteiger partial charge in [0.25, 0.3) is 0 Å². The third kappa shape index (κ3) is 4.19. The van der Waals surface area contributed by atoms with Crippen LogP contribution in [0.1, 0.15) is 82.3 Å². The number of rotatable bonds is 5. The Morgan fingerprint density at radius 1 is 1.00 bits per heavy atom. The molecular formula is C27H35F. The lowest BCUT2D eigenvalue weighted by molar-refractivity contribution is 0.116.